The van der Waals surface area contributed by atoms with Crippen molar-refractivity contribution in [3.05, 3.63) is 65.2 Å². The van der Waals surface area contributed by atoms with Crippen LogP contribution in [0.15, 0.2) is 48.5 Å². The van der Waals surface area contributed by atoms with Gasteiger partial charge in [0.05, 0.1) is 12.6 Å². The van der Waals surface area contributed by atoms with E-state index in [1.165, 1.54) is 0 Å². The molecule has 156 valence electrons. The summed E-state index contributed by atoms with van der Waals surface area (Å²) in [5, 5.41) is 5.95. The molecule has 0 spiro atoms. The van der Waals surface area contributed by atoms with Crippen LogP contribution in [0.2, 0.25) is 0 Å². The van der Waals surface area contributed by atoms with Gasteiger partial charge in [-0.15, -0.1) is 0 Å². The van der Waals surface area contributed by atoms with Gasteiger partial charge in [-0.25, -0.2) is 0 Å². The van der Waals surface area contributed by atoms with Crippen molar-refractivity contribution in [3.63, 3.8) is 0 Å². The molecule has 0 aliphatic rings. The molecule has 0 radical (unpaired) electrons. The lowest BCUT2D eigenvalue weighted by molar-refractivity contribution is -0.124. The van der Waals surface area contributed by atoms with E-state index in [1.807, 2.05) is 77.1 Å². The van der Waals surface area contributed by atoms with Crippen molar-refractivity contribution in [3.8, 4) is 5.75 Å². The second-order valence-corrected chi connectivity index (χ2v) is 7.70. The molecule has 2 N–H and O–H groups in total. The number of carbonyl (C=O) groups is 2. The van der Waals surface area contributed by atoms with Crippen molar-refractivity contribution in [2.24, 2.45) is 5.92 Å². The number of benzene rings is 2. The average molecular weight is 397 g/mol. The molecule has 0 aliphatic heterocycles. The highest BCUT2D eigenvalue weighted by Crippen LogP contribution is 2.18. The van der Waals surface area contributed by atoms with E-state index < -0.39 is 6.04 Å². The van der Waals surface area contributed by atoms with E-state index in [2.05, 4.69) is 10.6 Å². The predicted octanol–water partition coefficient (Wildman–Crippen LogP) is 4.42. The molecule has 5 heteroatoms. The second kappa shape index (κ2) is 10.6. The molecule has 2 amide bonds. The predicted molar refractivity (Wildman–Crippen MR) is 116 cm³/mol. The molecule has 2 rings (SSSR count). The van der Waals surface area contributed by atoms with Gasteiger partial charge in [-0.1, -0.05) is 44.2 Å². The first-order valence-corrected chi connectivity index (χ1v) is 10.2. The third kappa shape index (κ3) is 6.63. The summed E-state index contributed by atoms with van der Waals surface area (Å²) in [6, 6.07) is 14.3. The van der Waals surface area contributed by atoms with Gasteiger partial charge in [0.2, 0.25) is 5.91 Å². The fourth-order valence-corrected chi connectivity index (χ4v) is 3.18. The number of hydrogen-bond donors (Lipinski definition) is 2. The Morgan fingerprint density at radius 3 is 2.21 bits per heavy atom. The first-order chi connectivity index (χ1) is 13.8. The zero-order chi connectivity index (χ0) is 21.4. The topological polar surface area (TPSA) is 67.4 Å². The summed E-state index contributed by atoms with van der Waals surface area (Å²) >= 11 is 0. The summed E-state index contributed by atoms with van der Waals surface area (Å²) in [7, 11) is 0. The Hall–Kier alpha value is -2.82. The molecule has 5 nitrogen and oxygen atoms in total. The molecule has 2 aromatic rings. The molecule has 0 aliphatic carbocycles. The standard InChI is InChI=1S/C24H32N2O3/c1-6-29-20-13-11-19(12-14-20)18(5)25-24(28)22(15-16(2)3)26-23(27)21-10-8-7-9-17(21)4/h7-14,16,18,22H,6,15H2,1-5H3,(H,25,28)(H,26,27). The molecule has 29 heavy (non-hydrogen) atoms. The first-order valence-electron chi connectivity index (χ1n) is 10.2. The summed E-state index contributed by atoms with van der Waals surface area (Å²) in [5.74, 6) is 0.668. The summed E-state index contributed by atoms with van der Waals surface area (Å²) in [6.07, 6.45) is 0.569. The number of aryl methyl sites for hydroxylation is 1. The Kier molecular flexibility index (Phi) is 8.25. The Morgan fingerprint density at radius 2 is 1.62 bits per heavy atom. The number of rotatable bonds is 9. The van der Waals surface area contributed by atoms with Crippen molar-refractivity contribution in [2.75, 3.05) is 6.61 Å². The van der Waals surface area contributed by atoms with Crippen LogP contribution in [0.3, 0.4) is 0 Å². The molecule has 2 atom stereocenters. The van der Waals surface area contributed by atoms with Crippen LogP contribution in [0.5, 0.6) is 5.75 Å². The third-order valence-corrected chi connectivity index (χ3v) is 4.77. The maximum absolute atomic E-state index is 12.9. The smallest absolute Gasteiger partial charge is 0.252 e. The van der Waals surface area contributed by atoms with Crippen LogP contribution >= 0.6 is 0 Å². The number of amides is 2. The summed E-state index contributed by atoms with van der Waals surface area (Å²) in [6.45, 7) is 10.5. The number of nitrogens with one attached hydrogen (secondary N) is 2. The molecule has 2 unspecified atom stereocenters. The van der Waals surface area contributed by atoms with Gasteiger partial charge in [-0.2, -0.15) is 0 Å². The Labute approximate surface area is 173 Å². The molecule has 0 fully saturated rings. The molecule has 0 bridgehead atoms. The second-order valence-electron chi connectivity index (χ2n) is 7.70. The normalized spacial score (nSPS) is 12.9. The minimum atomic E-state index is -0.591. The number of hydrogen-bond acceptors (Lipinski definition) is 3. The first kappa shape index (κ1) is 22.5. The van der Waals surface area contributed by atoms with Gasteiger partial charge in [0.15, 0.2) is 0 Å². The van der Waals surface area contributed by atoms with Crippen LogP contribution in [0.25, 0.3) is 0 Å². The lowest BCUT2D eigenvalue weighted by Gasteiger charge is -2.23. The van der Waals surface area contributed by atoms with Gasteiger partial charge in [-0.3, -0.25) is 9.59 Å². The summed E-state index contributed by atoms with van der Waals surface area (Å²) < 4.78 is 5.46. The van der Waals surface area contributed by atoms with Crippen LogP contribution in [-0.4, -0.2) is 24.5 Å². The van der Waals surface area contributed by atoms with Gasteiger partial charge < -0.3 is 15.4 Å². The van der Waals surface area contributed by atoms with Gasteiger partial charge in [-0.05, 0) is 62.4 Å². The van der Waals surface area contributed by atoms with E-state index >= 15 is 0 Å². The van der Waals surface area contributed by atoms with E-state index in [9.17, 15) is 9.59 Å². The van der Waals surface area contributed by atoms with E-state index in [1.54, 1.807) is 6.07 Å². The molecule has 2 aromatic carbocycles. The van der Waals surface area contributed by atoms with Crippen LogP contribution in [0, 0.1) is 12.8 Å². The molecular formula is C24H32N2O3. The van der Waals surface area contributed by atoms with Crippen molar-refractivity contribution in [1.82, 2.24) is 10.6 Å². The SMILES string of the molecule is CCOc1ccc(C(C)NC(=O)C(CC(C)C)NC(=O)c2ccccc2C)cc1. The van der Waals surface area contributed by atoms with E-state index in [0.717, 1.165) is 16.9 Å². The third-order valence-electron chi connectivity index (χ3n) is 4.77. The van der Waals surface area contributed by atoms with Crippen molar-refractivity contribution < 1.29 is 14.3 Å². The van der Waals surface area contributed by atoms with Crippen LogP contribution in [0.4, 0.5) is 0 Å². The molecule has 0 aromatic heterocycles. The fourth-order valence-electron chi connectivity index (χ4n) is 3.18. The quantitative estimate of drug-likeness (QED) is 0.659. The van der Waals surface area contributed by atoms with Crippen LogP contribution in [-0.2, 0) is 4.79 Å². The van der Waals surface area contributed by atoms with Gasteiger partial charge in [0, 0.05) is 5.56 Å². The molecular weight excluding hydrogens is 364 g/mol. The van der Waals surface area contributed by atoms with E-state index in [4.69, 9.17) is 4.74 Å². The van der Waals surface area contributed by atoms with E-state index in [-0.39, 0.29) is 23.8 Å². The molecule has 0 saturated heterocycles. The van der Waals surface area contributed by atoms with Gasteiger partial charge >= 0.3 is 0 Å². The maximum atomic E-state index is 12.9. The monoisotopic (exact) mass is 396 g/mol. The van der Waals surface area contributed by atoms with Crippen molar-refractivity contribution >= 4 is 11.8 Å². The van der Waals surface area contributed by atoms with Crippen LogP contribution < -0.4 is 15.4 Å². The lowest BCUT2D eigenvalue weighted by atomic mass is 10.0. The minimum absolute atomic E-state index is 0.178. The highest BCUT2D eigenvalue weighted by Gasteiger charge is 2.24. The van der Waals surface area contributed by atoms with Crippen molar-refractivity contribution in [1.29, 1.82) is 0 Å². The van der Waals surface area contributed by atoms with Crippen molar-refractivity contribution in [2.45, 2.75) is 53.1 Å². The Morgan fingerprint density at radius 1 is 0.966 bits per heavy atom. The summed E-state index contributed by atoms with van der Waals surface area (Å²) in [5.41, 5.74) is 2.46. The minimum Gasteiger partial charge on any atom is -0.494 e. The highest BCUT2D eigenvalue weighted by atomic mass is 16.5. The summed E-state index contributed by atoms with van der Waals surface area (Å²) in [4.78, 5) is 25.6. The average Bonchev–Trinajstić information content (AvgIpc) is 2.68. The molecule has 0 heterocycles. The number of carbonyl (C=O) groups excluding carboxylic acids is 2. The van der Waals surface area contributed by atoms with Gasteiger partial charge in [0.1, 0.15) is 11.8 Å². The highest BCUT2D eigenvalue weighted by molar-refractivity contribution is 5.98. The van der Waals surface area contributed by atoms with E-state index in [0.29, 0.717) is 18.6 Å². The lowest BCUT2D eigenvalue weighted by Crippen LogP contribution is -2.48. The van der Waals surface area contributed by atoms with Gasteiger partial charge in [0.25, 0.3) is 5.91 Å². The maximum Gasteiger partial charge on any atom is 0.252 e. The Balaban J connectivity index is 2.07. The van der Waals surface area contributed by atoms with Crippen LogP contribution in [0.1, 0.15) is 61.6 Å². The molecule has 0 saturated carbocycles. The number of ether oxygens (including phenoxy) is 1. The Bertz CT molecular complexity index is 815. The largest absolute Gasteiger partial charge is 0.494 e. The zero-order valence-corrected chi connectivity index (χ0v) is 18.0. The zero-order valence-electron chi connectivity index (χ0n) is 18.0. The fraction of sp³-hybridized carbons (Fsp3) is 0.417.